The first-order chi connectivity index (χ1) is 7.25. The van der Waals surface area contributed by atoms with Gasteiger partial charge in [0.15, 0.2) is 0 Å². The maximum Gasteiger partial charge on any atom is 0.143 e. The third-order valence-electron chi connectivity index (χ3n) is 2.92. The Labute approximate surface area is 89.3 Å². The molecule has 2 nitrogen and oxygen atoms in total. The molecule has 1 aliphatic carbocycles. The molecule has 1 saturated carbocycles. The van der Waals surface area contributed by atoms with Crippen LogP contribution < -0.4 is 0 Å². The van der Waals surface area contributed by atoms with Crippen LogP contribution in [0.25, 0.3) is 0 Å². The van der Waals surface area contributed by atoms with Gasteiger partial charge in [-0.1, -0.05) is 30.3 Å². The van der Waals surface area contributed by atoms with Crippen molar-refractivity contribution in [3.8, 4) is 0 Å². The van der Waals surface area contributed by atoms with Gasteiger partial charge in [-0.15, -0.1) is 0 Å². The lowest BCUT2D eigenvalue weighted by atomic mass is 9.83. The molecule has 0 spiro atoms. The lowest BCUT2D eigenvalue weighted by molar-refractivity contribution is -0.132. The first-order valence-electron chi connectivity index (χ1n) is 5.34. The summed E-state index contributed by atoms with van der Waals surface area (Å²) >= 11 is 0. The molecule has 1 aromatic rings. The second-order valence-electron chi connectivity index (χ2n) is 4.11. The van der Waals surface area contributed by atoms with Crippen LogP contribution in [0.4, 0.5) is 0 Å². The molecule has 78 valence electrons. The zero-order valence-electron chi connectivity index (χ0n) is 8.61. The van der Waals surface area contributed by atoms with Crippen molar-refractivity contribution in [3.63, 3.8) is 0 Å². The van der Waals surface area contributed by atoms with Crippen molar-refractivity contribution in [2.24, 2.45) is 5.92 Å². The first kappa shape index (κ1) is 10.1. The van der Waals surface area contributed by atoms with E-state index in [1.165, 1.54) is 5.56 Å². The molecule has 1 atom stereocenters. The van der Waals surface area contributed by atoms with E-state index in [9.17, 15) is 9.59 Å². The highest BCUT2D eigenvalue weighted by Gasteiger charge is 2.26. The van der Waals surface area contributed by atoms with Gasteiger partial charge in [0.25, 0.3) is 0 Å². The van der Waals surface area contributed by atoms with Gasteiger partial charge in [0.05, 0.1) is 6.42 Å². The summed E-state index contributed by atoms with van der Waals surface area (Å²) in [4.78, 5) is 22.6. The predicted molar refractivity (Wildman–Crippen MR) is 57.5 cm³/mol. The maximum atomic E-state index is 11.6. The average molecular weight is 202 g/mol. The minimum absolute atomic E-state index is 0.0603. The van der Waals surface area contributed by atoms with E-state index in [1.807, 2.05) is 30.3 Å². The molecule has 1 aromatic carbocycles. The van der Waals surface area contributed by atoms with Crippen molar-refractivity contribution >= 4 is 11.6 Å². The van der Waals surface area contributed by atoms with E-state index in [2.05, 4.69) is 0 Å². The van der Waals surface area contributed by atoms with E-state index < -0.39 is 0 Å². The number of benzene rings is 1. The fourth-order valence-electron chi connectivity index (χ4n) is 2.04. The van der Waals surface area contributed by atoms with Crippen molar-refractivity contribution in [2.75, 3.05) is 0 Å². The molecule has 2 heteroatoms. The second kappa shape index (κ2) is 4.39. The Morgan fingerprint density at radius 1 is 1.13 bits per heavy atom. The van der Waals surface area contributed by atoms with E-state index in [4.69, 9.17) is 0 Å². The van der Waals surface area contributed by atoms with E-state index in [1.54, 1.807) is 0 Å². The number of carbonyl (C=O) groups excluding carboxylic acids is 2. The van der Waals surface area contributed by atoms with Gasteiger partial charge in [-0.3, -0.25) is 9.59 Å². The van der Waals surface area contributed by atoms with Crippen LogP contribution in [0.2, 0.25) is 0 Å². The molecule has 0 radical (unpaired) electrons. The molecule has 0 amide bonds. The zero-order valence-corrected chi connectivity index (χ0v) is 8.61. The maximum absolute atomic E-state index is 11.6. The summed E-state index contributed by atoms with van der Waals surface area (Å²) in [6, 6.07) is 9.99. The van der Waals surface area contributed by atoms with Gasteiger partial charge in [-0.05, 0) is 18.4 Å². The van der Waals surface area contributed by atoms with Crippen LogP contribution in [0.3, 0.4) is 0 Å². The molecule has 0 bridgehead atoms. The van der Waals surface area contributed by atoms with Crippen LogP contribution in [0.15, 0.2) is 30.3 Å². The molecule has 1 unspecified atom stereocenters. The summed E-state index contributed by atoms with van der Waals surface area (Å²) in [5, 5.41) is 0. The lowest BCUT2D eigenvalue weighted by Gasteiger charge is -2.19. The van der Waals surface area contributed by atoms with Crippen LogP contribution in [0.1, 0.15) is 24.8 Å². The molecular formula is C13H14O2. The molecule has 0 aliphatic heterocycles. The normalized spacial score (nSPS) is 21.7. The Kier molecular flexibility index (Phi) is 2.95. The van der Waals surface area contributed by atoms with Crippen LogP contribution in [0.5, 0.6) is 0 Å². The average Bonchev–Trinajstić information content (AvgIpc) is 2.24. The summed E-state index contributed by atoms with van der Waals surface area (Å²) in [5.41, 5.74) is 1.19. The zero-order chi connectivity index (χ0) is 10.7. The van der Waals surface area contributed by atoms with Gasteiger partial charge in [0, 0.05) is 12.3 Å². The standard InChI is InChI=1S/C13H14O2/c14-12-7-6-11(13(15)9-12)8-10-4-2-1-3-5-10/h1-5,11H,6-9H2. The van der Waals surface area contributed by atoms with E-state index in [-0.39, 0.29) is 23.9 Å². The highest BCUT2D eigenvalue weighted by Crippen LogP contribution is 2.22. The Morgan fingerprint density at radius 2 is 1.87 bits per heavy atom. The van der Waals surface area contributed by atoms with Crippen LogP contribution in [-0.4, -0.2) is 11.6 Å². The molecule has 0 saturated heterocycles. The molecule has 1 fully saturated rings. The van der Waals surface area contributed by atoms with Crippen molar-refractivity contribution < 1.29 is 9.59 Å². The number of carbonyl (C=O) groups is 2. The van der Waals surface area contributed by atoms with Crippen LogP contribution in [0, 0.1) is 5.92 Å². The largest absolute Gasteiger partial charge is 0.299 e. The fraction of sp³-hybridized carbons (Fsp3) is 0.385. The Bertz CT molecular complexity index is 367. The summed E-state index contributed by atoms with van der Waals surface area (Å²) in [5.74, 6) is 0.282. The third kappa shape index (κ3) is 2.52. The topological polar surface area (TPSA) is 34.1 Å². The molecule has 2 rings (SSSR count). The van der Waals surface area contributed by atoms with Gasteiger partial charge in [0.2, 0.25) is 0 Å². The van der Waals surface area contributed by atoms with Gasteiger partial charge >= 0.3 is 0 Å². The SMILES string of the molecule is O=C1CCC(Cc2ccccc2)C(=O)C1. The summed E-state index contributed by atoms with van der Waals surface area (Å²) < 4.78 is 0. The molecule has 1 aliphatic rings. The Balaban J connectivity index is 2.01. The van der Waals surface area contributed by atoms with Crippen LogP contribution >= 0.6 is 0 Å². The highest BCUT2D eigenvalue weighted by molar-refractivity contribution is 6.02. The first-order valence-corrected chi connectivity index (χ1v) is 5.34. The van der Waals surface area contributed by atoms with E-state index >= 15 is 0 Å². The summed E-state index contributed by atoms with van der Waals surface area (Å²) in [6.45, 7) is 0. The number of ketones is 2. The highest BCUT2D eigenvalue weighted by atomic mass is 16.1. The van der Waals surface area contributed by atoms with E-state index in [0.717, 1.165) is 12.8 Å². The minimum Gasteiger partial charge on any atom is -0.299 e. The van der Waals surface area contributed by atoms with Gasteiger partial charge < -0.3 is 0 Å². The predicted octanol–water partition coefficient (Wildman–Crippen LogP) is 2.17. The van der Waals surface area contributed by atoms with Gasteiger partial charge in [-0.2, -0.15) is 0 Å². The van der Waals surface area contributed by atoms with Crippen molar-refractivity contribution in [2.45, 2.75) is 25.7 Å². The molecular weight excluding hydrogens is 188 g/mol. The van der Waals surface area contributed by atoms with Gasteiger partial charge in [0.1, 0.15) is 11.6 Å². The Morgan fingerprint density at radius 3 is 2.53 bits per heavy atom. The third-order valence-corrected chi connectivity index (χ3v) is 2.92. The second-order valence-corrected chi connectivity index (χ2v) is 4.11. The van der Waals surface area contributed by atoms with Gasteiger partial charge in [-0.25, -0.2) is 0 Å². The lowest BCUT2D eigenvalue weighted by Crippen LogP contribution is -2.26. The summed E-state index contributed by atoms with van der Waals surface area (Å²) in [7, 11) is 0. The van der Waals surface area contributed by atoms with Crippen LogP contribution in [-0.2, 0) is 16.0 Å². The van der Waals surface area contributed by atoms with Crippen molar-refractivity contribution in [1.29, 1.82) is 0 Å². The number of hydrogen-bond acceptors (Lipinski definition) is 2. The summed E-state index contributed by atoms with van der Waals surface area (Å²) in [6.07, 6.45) is 2.24. The fourth-order valence-corrected chi connectivity index (χ4v) is 2.04. The van der Waals surface area contributed by atoms with E-state index in [0.29, 0.717) is 6.42 Å². The molecule has 15 heavy (non-hydrogen) atoms. The minimum atomic E-state index is 0.0603. The molecule has 0 heterocycles. The van der Waals surface area contributed by atoms with Crippen molar-refractivity contribution in [1.82, 2.24) is 0 Å². The van der Waals surface area contributed by atoms with Crippen molar-refractivity contribution in [3.05, 3.63) is 35.9 Å². The number of hydrogen-bond donors (Lipinski definition) is 0. The molecule has 0 aromatic heterocycles. The smallest absolute Gasteiger partial charge is 0.143 e. The quantitative estimate of drug-likeness (QED) is 0.689. The molecule has 0 N–H and O–H groups in total. The monoisotopic (exact) mass is 202 g/mol. The number of rotatable bonds is 2. The number of Topliss-reactive ketones (excluding diaryl/α,β-unsaturated/α-hetero) is 2. The Hall–Kier alpha value is -1.44.